The maximum atomic E-state index is 11.8. The number of nitrogens with one attached hydrogen (secondary N) is 1. The Labute approximate surface area is 156 Å². The number of hydrogen-bond acceptors (Lipinski definition) is 5. The van der Waals surface area contributed by atoms with Crippen molar-refractivity contribution in [1.29, 1.82) is 0 Å². The van der Waals surface area contributed by atoms with E-state index in [1.54, 1.807) is 18.0 Å². The van der Waals surface area contributed by atoms with E-state index in [4.69, 9.17) is 4.74 Å². The Balaban J connectivity index is 1.36. The van der Waals surface area contributed by atoms with Crippen LogP contribution in [0.25, 0.3) is 0 Å². The average Bonchev–Trinajstić information content (AvgIpc) is 2.60. The molecule has 0 aromatic heterocycles. The van der Waals surface area contributed by atoms with Crippen LogP contribution in [-0.2, 0) is 4.79 Å². The van der Waals surface area contributed by atoms with Crippen LogP contribution in [0.4, 0.5) is 0 Å². The smallest absolute Gasteiger partial charge is 0.240 e. The molecule has 0 saturated carbocycles. The van der Waals surface area contributed by atoms with Gasteiger partial charge in [-0.05, 0) is 42.0 Å². The molecule has 2 aromatic carbocycles. The van der Waals surface area contributed by atoms with Crippen LogP contribution >= 0.6 is 23.5 Å². The van der Waals surface area contributed by atoms with E-state index in [2.05, 4.69) is 10.5 Å². The Bertz CT molecular complexity index is 701. The predicted octanol–water partition coefficient (Wildman–Crippen LogP) is 3.81. The highest BCUT2D eigenvalue weighted by molar-refractivity contribution is 8.00. The van der Waals surface area contributed by atoms with E-state index in [1.165, 1.54) is 4.90 Å². The van der Waals surface area contributed by atoms with E-state index in [1.807, 2.05) is 66.4 Å². The van der Waals surface area contributed by atoms with Gasteiger partial charge in [-0.1, -0.05) is 18.2 Å². The van der Waals surface area contributed by atoms with E-state index in [9.17, 15) is 4.79 Å². The highest BCUT2D eigenvalue weighted by Gasteiger charge is 2.19. The van der Waals surface area contributed by atoms with Crippen molar-refractivity contribution in [3.05, 3.63) is 60.2 Å². The average molecular weight is 373 g/mol. The minimum atomic E-state index is -0.0814. The van der Waals surface area contributed by atoms with Crippen LogP contribution in [0.5, 0.6) is 5.75 Å². The molecule has 1 heterocycles. The molecule has 1 N–H and O–H groups in total. The molecule has 1 saturated heterocycles. The van der Waals surface area contributed by atoms with Gasteiger partial charge in [0.15, 0.2) is 0 Å². The molecular formula is C19H20N2O2S2. The molecule has 2 aromatic rings. The van der Waals surface area contributed by atoms with E-state index in [-0.39, 0.29) is 5.91 Å². The number of ether oxygens (including phenoxy) is 1. The van der Waals surface area contributed by atoms with Crippen molar-refractivity contribution in [2.24, 2.45) is 5.10 Å². The van der Waals surface area contributed by atoms with Gasteiger partial charge in [0.25, 0.3) is 0 Å². The van der Waals surface area contributed by atoms with Gasteiger partial charge in [0.2, 0.25) is 5.91 Å². The third kappa shape index (κ3) is 6.14. The van der Waals surface area contributed by atoms with Gasteiger partial charge in [0.05, 0.1) is 6.21 Å². The number of hydrazone groups is 1. The fourth-order valence-electron chi connectivity index (χ4n) is 2.12. The first-order valence-corrected chi connectivity index (χ1v) is 10.3. The molecule has 0 radical (unpaired) electrons. The van der Waals surface area contributed by atoms with Crippen LogP contribution in [0.1, 0.15) is 12.0 Å². The molecule has 1 amide bonds. The van der Waals surface area contributed by atoms with Crippen molar-refractivity contribution in [1.82, 2.24) is 5.43 Å². The SMILES string of the molecule is O=C(CCSc1ccccc1)N/N=C/c1ccc(OC2CSC2)cc1. The Kier molecular flexibility index (Phi) is 6.82. The molecular weight excluding hydrogens is 352 g/mol. The summed E-state index contributed by atoms with van der Waals surface area (Å²) in [5.74, 6) is 3.67. The summed E-state index contributed by atoms with van der Waals surface area (Å²) in [6, 6.07) is 17.8. The second kappa shape index (κ2) is 9.53. The second-order valence-electron chi connectivity index (χ2n) is 5.55. The number of carbonyl (C=O) groups is 1. The van der Waals surface area contributed by atoms with Gasteiger partial charge >= 0.3 is 0 Å². The second-order valence-corrected chi connectivity index (χ2v) is 7.79. The van der Waals surface area contributed by atoms with Crippen molar-refractivity contribution < 1.29 is 9.53 Å². The number of benzene rings is 2. The number of amides is 1. The van der Waals surface area contributed by atoms with E-state index in [0.717, 1.165) is 28.6 Å². The van der Waals surface area contributed by atoms with Gasteiger partial charge < -0.3 is 4.74 Å². The molecule has 1 fully saturated rings. The lowest BCUT2D eigenvalue weighted by atomic mass is 10.2. The molecule has 4 nitrogen and oxygen atoms in total. The minimum Gasteiger partial charge on any atom is -0.489 e. The first-order chi connectivity index (χ1) is 12.3. The molecule has 0 unspecified atom stereocenters. The number of nitrogens with zero attached hydrogens (tertiary/aromatic N) is 1. The number of carbonyl (C=O) groups excluding carboxylic acids is 1. The van der Waals surface area contributed by atoms with Crippen molar-refractivity contribution in [3.63, 3.8) is 0 Å². The summed E-state index contributed by atoms with van der Waals surface area (Å²) in [5, 5.41) is 4.01. The monoisotopic (exact) mass is 372 g/mol. The number of rotatable bonds is 8. The highest BCUT2D eigenvalue weighted by Crippen LogP contribution is 2.23. The summed E-state index contributed by atoms with van der Waals surface area (Å²) >= 11 is 3.56. The topological polar surface area (TPSA) is 50.7 Å². The number of thioether (sulfide) groups is 2. The molecule has 1 aliphatic rings. The zero-order valence-corrected chi connectivity index (χ0v) is 15.4. The quantitative estimate of drug-likeness (QED) is 0.435. The Morgan fingerprint density at radius 3 is 2.64 bits per heavy atom. The van der Waals surface area contributed by atoms with Crippen LogP contribution in [0.2, 0.25) is 0 Å². The lowest BCUT2D eigenvalue weighted by Crippen LogP contribution is -2.30. The molecule has 130 valence electrons. The summed E-state index contributed by atoms with van der Waals surface area (Å²) in [5.41, 5.74) is 3.49. The first kappa shape index (κ1) is 17.9. The van der Waals surface area contributed by atoms with Gasteiger partial charge in [0, 0.05) is 28.6 Å². The van der Waals surface area contributed by atoms with Crippen molar-refractivity contribution >= 4 is 35.6 Å². The van der Waals surface area contributed by atoms with Gasteiger partial charge in [0.1, 0.15) is 11.9 Å². The lowest BCUT2D eigenvalue weighted by Gasteiger charge is -2.25. The van der Waals surface area contributed by atoms with E-state index in [0.29, 0.717) is 12.5 Å². The first-order valence-electron chi connectivity index (χ1n) is 8.14. The summed E-state index contributed by atoms with van der Waals surface area (Å²) < 4.78 is 5.79. The van der Waals surface area contributed by atoms with Crippen molar-refractivity contribution in [2.45, 2.75) is 17.4 Å². The third-order valence-electron chi connectivity index (χ3n) is 3.53. The van der Waals surface area contributed by atoms with Gasteiger partial charge in [-0.2, -0.15) is 16.9 Å². The van der Waals surface area contributed by atoms with Gasteiger partial charge in [-0.25, -0.2) is 5.43 Å². The Morgan fingerprint density at radius 1 is 1.20 bits per heavy atom. The van der Waals surface area contributed by atoms with Crippen molar-refractivity contribution in [3.8, 4) is 5.75 Å². The van der Waals surface area contributed by atoms with Crippen LogP contribution in [-0.4, -0.2) is 35.5 Å². The molecule has 0 atom stereocenters. The standard InChI is InChI=1S/C19H20N2O2S2/c22-19(10-11-25-18-4-2-1-3-5-18)21-20-12-15-6-8-16(9-7-15)23-17-13-24-14-17/h1-9,12,17H,10-11,13-14H2,(H,21,22)/b20-12+. The molecule has 3 rings (SSSR count). The fraction of sp³-hybridized carbons (Fsp3) is 0.263. The van der Waals surface area contributed by atoms with Crippen LogP contribution in [0.3, 0.4) is 0 Å². The zero-order chi connectivity index (χ0) is 17.3. The molecule has 25 heavy (non-hydrogen) atoms. The molecule has 0 spiro atoms. The lowest BCUT2D eigenvalue weighted by molar-refractivity contribution is -0.120. The summed E-state index contributed by atoms with van der Waals surface area (Å²) in [7, 11) is 0. The molecule has 0 aliphatic carbocycles. The number of hydrogen-bond donors (Lipinski definition) is 1. The summed E-state index contributed by atoms with van der Waals surface area (Å²) in [6.45, 7) is 0. The highest BCUT2D eigenvalue weighted by atomic mass is 32.2. The maximum Gasteiger partial charge on any atom is 0.240 e. The predicted molar refractivity (Wildman–Crippen MR) is 106 cm³/mol. The van der Waals surface area contributed by atoms with Crippen LogP contribution in [0.15, 0.2) is 64.6 Å². The third-order valence-corrected chi connectivity index (χ3v) is 5.76. The minimum absolute atomic E-state index is 0.0814. The molecule has 1 aliphatic heterocycles. The summed E-state index contributed by atoms with van der Waals surface area (Å²) in [6.07, 6.45) is 2.42. The van der Waals surface area contributed by atoms with Gasteiger partial charge in [-0.3, -0.25) is 4.79 Å². The molecule has 6 heteroatoms. The van der Waals surface area contributed by atoms with E-state index < -0.39 is 0 Å². The fourth-order valence-corrected chi connectivity index (χ4v) is 3.56. The largest absolute Gasteiger partial charge is 0.489 e. The van der Waals surface area contributed by atoms with Crippen LogP contribution in [0, 0.1) is 0 Å². The van der Waals surface area contributed by atoms with Gasteiger partial charge in [-0.15, -0.1) is 11.8 Å². The van der Waals surface area contributed by atoms with E-state index >= 15 is 0 Å². The Hall–Kier alpha value is -1.92. The zero-order valence-electron chi connectivity index (χ0n) is 13.8. The summed E-state index contributed by atoms with van der Waals surface area (Å²) in [4.78, 5) is 12.9. The maximum absolute atomic E-state index is 11.8. The molecule has 0 bridgehead atoms. The normalized spacial score (nSPS) is 14.2. The van der Waals surface area contributed by atoms with Crippen molar-refractivity contribution in [2.75, 3.05) is 17.3 Å². The van der Waals surface area contributed by atoms with Crippen LogP contribution < -0.4 is 10.2 Å². The Morgan fingerprint density at radius 2 is 1.96 bits per heavy atom.